The van der Waals surface area contributed by atoms with Crippen LogP contribution in [0.5, 0.6) is 0 Å². The summed E-state index contributed by atoms with van der Waals surface area (Å²) < 4.78 is 1.15. The standard InChI is InChI=1S/C17H20BrN/c1-12(2)14-8-10-15(11-9-14)19-13(3)16-6-4-5-7-17(16)18/h4-13,19H,1-3H3. The molecule has 0 aliphatic heterocycles. The van der Waals surface area contributed by atoms with E-state index in [2.05, 4.69) is 84.5 Å². The van der Waals surface area contributed by atoms with E-state index >= 15 is 0 Å². The van der Waals surface area contributed by atoms with Crippen LogP contribution in [0.25, 0.3) is 0 Å². The van der Waals surface area contributed by atoms with Crippen molar-refractivity contribution in [3.8, 4) is 0 Å². The Kier molecular flexibility index (Phi) is 4.65. The highest BCUT2D eigenvalue weighted by Gasteiger charge is 2.08. The summed E-state index contributed by atoms with van der Waals surface area (Å²) in [7, 11) is 0. The van der Waals surface area contributed by atoms with Gasteiger partial charge < -0.3 is 5.32 Å². The van der Waals surface area contributed by atoms with Crippen LogP contribution in [0.4, 0.5) is 5.69 Å². The minimum atomic E-state index is 0.278. The van der Waals surface area contributed by atoms with E-state index in [1.165, 1.54) is 11.1 Å². The Morgan fingerprint density at radius 1 is 0.895 bits per heavy atom. The zero-order valence-corrected chi connectivity index (χ0v) is 13.2. The molecule has 2 rings (SSSR count). The predicted octanol–water partition coefficient (Wildman–Crippen LogP) is 5.75. The van der Waals surface area contributed by atoms with Crippen molar-refractivity contribution in [3.05, 3.63) is 64.1 Å². The lowest BCUT2D eigenvalue weighted by molar-refractivity contribution is 0.861. The molecule has 0 saturated carbocycles. The number of hydrogen-bond acceptors (Lipinski definition) is 1. The lowest BCUT2D eigenvalue weighted by Crippen LogP contribution is -2.07. The maximum Gasteiger partial charge on any atom is 0.0496 e. The lowest BCUT2D eigenvalue weighted by Gasteiger charge is -2.17. The van der Waals surface area contributed by atoms with Crippen molar-refractivity contribution in [2.45, 2.75) is 32.7 Å². The molecule has 2 aromatic carbocycles. The monoisotopic (exact) mass is 317 g/mol. The molecule has 19 heavy (non-hydrogen) atoms. The third-order valence-corrected chi connectivity index (χ3v) is 4.05. The Labute approximate surface area is 124 Å². The number of anilines is 1. The molecule has 0 heterocycles. The molecule has 0 bridgehead atoms. The van der Waals surface area contributed by atoms with Crippen LogP contribution < -0.4 is 5.32 Å². The topological polar surface area (TPSA) is 12.0 Å². The molecule has 0 amide bonds. The van der Waals surface area contributed by atoms with Gasteiger partial charge in [0.1, 0.15) is 0 Å². The predicted molar refractivity (Wildman–Crippen MR) is 86.7 cm³/mol. The van der Waals surface area contributed by atoms with E-state index in [4.69, 9.17) is 0 Å². The van der Waals surface area contributed by atoms with E-state index < -0.39 is 0 Å². The Hall–Kier alpha value is -1.28. The summed E-state index contributed by atoms with van der Waals surface area (Å²) in [5.41, 5.74) is 3.81. The van der Waals surface area contributed by atoms with Gasteiger partial charge in [0.15, 0.2) is 0 Å². The second-order valence-electron chi connectivity index (χ2n) is 5.16. The molecule has 0 aromatic heterocycles. The van der Waals surface area contributed by atoms with E-state index in [-0.39, 0.29) is 6.04 Å². The van der Waals surface area contributed by atoms with Crippen molar-refractivity contribution in [1.29, 1.82) is 0 Å². The van der Waals surface area contributed by atoms with Gasteiger partial charge in [-0.1, -0.05) is 60.1 Å². The molecule has 1 nitrogen and oxygen atoms in total. The zero-order chi connectivity index (χ0) is 13.8. The van der Waals surface area contributed by atoms with Gasteiger partial charge in [-0.25, -0.2) is 0 Å². The molecule has 0 saturated heterocycles. The van der Waals surface area contributed by atoms with Crippen LogP contribution in [0, 0.1) is 0 Å². The van der Waals surface area contributed by atoms with Crippen molar-refractivity contribution < 1.29 is 0 Å². The molecule has 0 aliphatic rings. The Bertz CT molecular complexity index is 531. The Balaban J connectivity index is 2.11. The van der Waals surface area contributed by atoms with Crippen molar-refractivity contribution in [1.82, 2.24) is 0 Å². The smallest absolute Gasteiger partial charge is 0.0496 e. The van der Waals surface area contributed by atoms with Gasteiger partial charge in [-0.05, 0) is 42.2 Å². The number of benzene rings is 2. The van der Waals surface area contributed by atoms with E-state index in [0.29, 0.717) is 5.92 Å². The maximum atomic E-state index is 3.60. The van der Waals surface area contributed by atoms with E-state index in [0.717, 1.165) is 10.2 Å². The maximum absolute atomic E-state index is 3.60. The van der Waals surface area contributed by atoms with Crippen molar-refractivity contribution in [2.75, 3.05) is 5.32 Å². The summed E-state index contributed by atoms with van der Waals surface area (Å²) in [6, 6.07) is 17.3. The third-order valence-electron chi connectivity index (χ3n) is 3.33. The molecule has 1 unspecified atom stereocenters. The van der Waals surface area contributed by atoms with E-state index in [1.807, 2.05) is 6.07 Å². The SMILES string of the molecule is CC(C)c1ccc(NC(C)c2ccccc2Br)cc1. The molecule has 0 fully saturated rings. The minimum absolute atomic E-state index is 0.278. The van der Waals surface area contributed by atoms with Crippen LogP contribution in [-0.4, -0.2) is 0 Å². The van der Waals surface area contributed by atoms with Gasteiger partial charge in [0.05, 0.1) is 0 Å². The quantitative estimate of drug-likeness (QED) is 0.757. The van der Waals surface area contributed by atoms with Gasteiger partial charge >= 0.3 is 0 Å². The van der Waals surface area contributed by atoms with Crippen LogP contribution in [0.2, 0.25) is 0 Å². The molecule has 2 aromatic rings. The molecule has 1 atom stereocenters. The molecule has 0 spiro atoms. The summed E-state index contributed by atoms with van der Waals surface area (Å²) in [6.07, 6.45) is 0. The first-order valence-electron chi connectivity index (χ1n) is 6.69. The number of halogens is 1. The zero-order valence-electron chi connectivity index (χ0n) is 11.7. The molecule has 2 heteroatoms. The fraction of sp³-hybridized carbons (Fsp3) is 0.294. The second-order valence-corrected chi connectivity index (χ2v) is 6.02. The average Bonchev–Trinajstić information content (AvgIpc) is 2.39. The van der Waals surface area contributed by atoms with Gasteiger partial charge in [-0.15, -0.1) is 0 Å². The molecule has 100 valence electrons. The van der Waals surface area contributed by atoms with Gasteiger partial charge in [0, 0.05) is 16.2 Å². The van der Waals surface area contributed by atoms with Crippen molar-refractivity contribution >= 4 is 21.6 Å². The van der Waals surface area contributed by atoms with Gasteiger partial charge in [0.2, 0.25) is 0 Å². The Morgan fingerprint density at radius 3 is 2.11 bits per heavy atom. The van der Waals surface area contributed by atoms with E-state index in [9.17, 15) is 0 Å². The van der Waals surface area contributed by atoms with Crippen molar-refractivity contribution in [2.24, 2.45) is 0 Å². The fourth-order valence-electron chi connectivity index (χ4n) is 2.12. The molecular weight excluding hydrogens is 298 g/mol. The van der Waals surface area contributed by atoms with Crippen LogP contribution >= 0.6 is 15.9 Å². The number of rotatable bonds is 4. The van der Waals surface area contributed by atoms with Gasteiger partial charge in [-0.3, -0.25) is 0 Å². The normalized spacial score (nSPS) is 12.5. The molecule has 0 aliphatic carbocycles. The lowest BCUT2D eigenvalue weighted by atomic mass is 10.0. The molecule has 0 radical (unpaired) electrons. The fourth-order valence-corrected chi connectivity index (χ4v) is 2.75. The van der Waals surface area contributed by atoms with Crippen molar-refractivity contribution in [3.63, 3.8) is 0 Å². The summed E-state index contributed by atoms with van der Waals surface area (Å²) >= 11 is 3.60. The number of hydrogen-bond donors (Lipinski definition) is 1. The van der Waals surface area contributed by atoms with Crippen LogP contribution in [-0.2, 0) is 0 Å². The van der Waals surface area contributed by atoms with E-state index in [1.54, 1.807) is 0 Å². The first-order chi connectivity index (χ1) is 9.08. The Morgan fingerprint density at radius 2 is 1.53 bits per heavy atom. The van der Waals surface area contributed by atoms with Gasteiger partial charge in [0.25, 0.3) is 0 Å². The third kappa shape index (κ3) is 3.60. The van der Waals surface area contributed by atoms with Crippen LogP contribution in [0.3, 0.4) is 0 Å². The second kappa shape index (κ2) is 6.25. The molecule has 1 N–H and O–H groups in total. The highest BCUT2D eigenvalue weighted by atomic mass is 79.9. The first-order valence-corrected chi connectivity index (χ1v) is 7.48. The first kappa shape index (κ1) is 14.1. The van der Waals surface area contributed by atoms with Gasteiger partial charge in [-0.2, -0.15) is 0 Å². The van der Waals surface area contributed by atoms with Crippen LogP contribution in [0.15, 0.2) is 53.0 Å². The van der Waals surface area contributed by atoms with Crippen LogP contribution in [0.1, 0.15) is 43.9 Å². The minimum Gasteiger partial charge on any atom is -0.378 e. The summed E-state index contributed by atoms with van der Waals surface area (Å²) in [6.45, 7) is 6.61. The summed E-state index contributed by atoms with van der Waals surface area (Å²) in [5.74, 6) is 0.578. The highest BCUT2D eigenvalue weighted by molar-refractivity contribution is 9.10. The number of nitrogens with one attached hydrogen (secondary N) is 1. The summed E-state index contributed by atoms with van der Waals surface area (Å²) in [5, 5.41) is 3.54. The average molecular weight is 318 g/mol. The summed E-state index contributed by atoms with van der Waals surface area (Å²) in [4.78, 5) is 0. The highest BCUT2D eigenvalue weighted by Crippen LogP contribution is 2.26. The largest absolute Gasteiger partial charge is 0.378 e. The molecular formula is C17H20BrN.